The molecule has 0 fully saturated rings. The number of nitrogens with zero attached hydrogens (tertiary/aromatic N) is 4. The Bertz CT molecular complexity index is 447. The molecule has 17 heavy (non-hydrogen) atoms. The van der Waals surface area contributed by atoms with E-state index in [4.69, 9.17) is 16.8 Å². The van der Waals surface area contributed by atoms with Crippen LogP contribution in [0.25, 0.3) is 0 Å². The predicted molar refractivity (Wildman–Crippen MR) is 60.5 cm³/mol. The molecule has 2 N–H and O–H groups in total. The summed E-state index contributed by atoms with van der Waals surface area (Å²) in [5, 5.41) is 8.63. The molecule has 0 atom stereocenters. The first kappa shape index (κ1) is 11.6. The predicted octanol–water partition coefficient (Wildman–Crippen LogP) is 0.579. The molecule has 8 heteroatoms. The summed E-state index contributed by atoms with van der Waals surface area (Å²) in [7, 11) is 0. The number of aromatic nitrogens is 1. The molecule has 0 saturated carbocycles. The first-order chi connectivity index (χ1) is 8.15. The minimum absolute atomic E-state index is 0.345. The van der Waals surface area contributed by atoms with Crippen molar-refractivity contribution in [2.75, 3.05) is 13.1 Å². The number of hydrogen-bond donors (Lipinski definition) is 2. The topological polar surface area (TPSA) is 80.8 Å². The van der Waals surface area contributed by atoms with E-state index in [9.17, 15) is 4.91 Å². The van der Waals surface area contributed by atoms with Gasteiger partial charge in [-0.2, -0.15) is 0 Å². The van der Waals surface area contributed by atoms with Crippen LogP contribution in [-0.4, -0.2) is 39.2 Å². The van der Waals surface area contributed by atoms with Crippen molar-refractivity contribution in [2.24, 2.45) is 4.99 Å². The highest BCUT2D eigenvalue weighted by molar-refractivity contribution is 6.29. The normalized spacial score (nSPS) is 14.6. The third-order valence-electron chi connectivity index (χ3n) is 2.29. The molecular weight excluding hydrogens is 246 g/mol. The second-order valence-electron chi connectivity index (χ2n) is 3.50. The summed E-state index contributed by atoms with van der Waals surface area (Å²) in [5.74, 6) is 0.345. The SMILES string of the molecule is O=[N+](O)NC1=NCCN1Cc1ccc(Cl)nc1. The summed E-state index contributed by atoms with van der Waals surface area (Å²) in [5.41, 5.74) is 3.13. The highest BCUT2D eigenvalue weighted by Crippen LogP contribution is 2.10. The second-order valence-corrected chi connectivity index (χ2v) is 3.89. The van der Waals surface area contributed by atoms with Crippen LogP contribution in [0.5, 0.6) is 0 Å². The van der Waals surface area contributed by atoms with E-state index in [1.54, 1.807) is 12.3 Å². The van der Waals surface area contributed by atoms with Crippen LogP contribution < -0.4 is 5.43 Å². The zero-order chi connectivity index (χ0) is 12.3. The van der Waals surface area contributed by atoms with Crippen molar-refractivity contribution in [3.8, 4) is 0 Å². The van der Waals surface area contributed by atoms with Crippen LogP contribution in [0.1, 0.15) is 5.56 Å². The fourth-order valence-electron chi connectivity index (χ4n) is 1.55. The molecule has 2 heterocycles. The number of halogens is 1. The molecule has 0 radical (unpaired) electrons. The molecule has 1 aliphatic heterocycles. The zero-order valence-corrected chi connectivity index (χ0v) is 9.63. The maximum atomic E-state index is 10.5. The molecule has 0 unspecified atom stereocenters. The monoisotopic (exact) mass is 256 g/mol. The van der Waals surface area contributed by atoms with Crippen molar-refractivity contribution in [3.63, 3.8) is 0 Å². The van der Waals surface area contributed by atoms with Gasteiger partial charge < -0.3 is 4.90 Å². The van der Waals surface area contributed by atoms with Crippen molar-refractivity contribution in [3.05, 3.63) is 34.0 Å². The summed E-state index contributed by atoms with van der Waals surface area (Å²) in [6, 6.07) is 3.54. The summed E-state index contributed by atoms with van der Waals surface area (Å²) in [6.07, 6.45) is 1.66. The van der Waals surface area contributed by atoms with Crippen molar-refractivity contribution in [2.45, 2.75) is 6.54 Å². The molecule has 1 aromatic heterocycles. The van der Waals surface area contributed by atoms with Gasteiger partial charge in [0.05, 0.1) is 6.54 Å². The van der Waals surface area contributed by atoms with Gasteiger partial charge in [0, 0.05) is 19.3 Å². The molecule has 0 amide bonds. The Morgan fingerprint density at radius 1 is 1.59 bits per heavy atom. The fraction of sp³-hybridized carbons (Fsp3) is 0.333. The van der Waals surface area contributed by atoms with E-state index in [1.807, 2.05) is 11.0 Å². The molecule has 0 saturated heterocycles. The van der Waals surface area contributed by atoms with E-state index in [0.717, 1.165) is 5.56 Å². The summed E-state index contributed by atoms with van der Waals surface area (Å²) >= 11 is 5.68. The Morgan fingerprint density at radius 3 is 3.06 bits per heavy atom. The molecule has 1 aromatic rings. The Morgan fingerprint density at radius 2 is 2.41 bits per heavy atom. The van der Waals surface area contributed by atoms with Crippen LogP contribution in [0.3, 0.4) is 0 Å². The Kier molecular flexibility index (Phi) is 3.38. The Hall–Kier alpha value is -1.89. The molecule has 1 aliphatic rings. The van der Waals surface area contributed by atoms with Crippen molar-refractivity contribution in [1.29, 1.82) is 0 Å². The Balaban J connectivity index is 2.01. The van der Waals surface area contributed by atoms with E-state index in [2.05, 4.69) is 15.4 Å². The number of hydrogen-bond acceptors (Lipinski definition) is 4. The maximum absolute atomic E-state index is 10.5. The van der Waals surface area contributed by atoms with Gasteiger partial charge in [0.1, 0.15) is 10.1 Å². The van der Waals surface area contributed by atoms with E-state index in [-0.39, 0.29) is 5.03 Å². The molecule has 0 aromatic carbocycles. The van der Waals surface area contributed by atoms with Crippen LogP contribution in [-0.2, 0) is 6.54 Å². The first-order valence-electron chi connectivity index (χ1n) is 4.98. The van der Waals surface area contributed by atoms with E-state index in [0.29, 0.717) is 30.7 Å². The van der Waals surface area contributed by atoms with Crippen LogP contribution in [0.15, 0.2) is 23.3 Å². The third kappa shape index (κ3) is 3.04. The minimum Gasteiger partial charge on any atom is -0.332 e. The highest BCUT2D eigenvalue weighted by Gasteiger charge is 2.22. The van der Waals surface area contributed by atoms with Gasteiger partial charge in [0.15, 0.2) is 0 Å². The highest BCUT2D eigenvalue weighted by atomic mass is 35.5. The summed E-state index contributed by atoms with van der Waals surface area (Å²) in [4.78, 5) is 20.3. The van der Waals surface area contributed by atoms with Crippen LogP contribution in [0, 0.1) is 4.91 Å². The molecule has 0 bridgehead atoms. The smallest absolute Gasteiger partial charge is 0.332 e. The van der Waals surface area contributed by atoms with Gasteiger partial charge in [-0.05, 0) is 17.1 Å². The summed E-state index contributed by atoms with van der Waals surface area (Å²) in [6.45, 7) is 1.81. The van der Waals surface area contributed by atoms with E-state index >= 15 is 0 Å². The fourth-order valence-corrected chi connectivity index (χ4v) is 1.66. The number of pyridine rings is 1. The van der Waals surface area contributed by atoms with Crippen LogP contribution >= 0.6 is 11.6 Å². The van der Waals surface area contributed by atoms with Crippen molar-refractivity contribution < 1.29 is 10.2 Å². The van der Waals surface area contributed by atoms with E-state index < -0.39 is 0 Å². The maximum Gasteiger partial charge on any atom is 0.362 e. The number of aliphatic imine (C=N–C) groups is 1. The molecule has 0 aliphatic carbocycles. The van der Waals surface area contributed by atoms with Crippen LogP contribution in [0.2, 0.25) is 5.15 Å². The van der Waals surface area contributed by atoms with Gasteiger partial charge in [-0.3, -0.25) is 0 Å². The molecule has 0 spiro atoms. The molecular formula is C9H11ClN5O2+. The molecule has 90 valence electrons. The third-order valence-corrected chi connectivity index (χ3v) is 2.51. The van der Waals surface area contributed by atoms with Crippen LogP contribution in [0.4, 0.5) is 0 Å². The number of guanidine groups is 1. The largest absolute Gasteiger partial charge is 0.362 e. The van der Waals surface area contributed by atoms with E-state index in [1.165, 1.54) is 0 Å². The number of nitrogens with one attached hydrogen (secondary N) is 1. The van der Waals surface area contributed by atoms with Crippen molar-refractivity contribution >= 4 is 17.6 Å². The lowest BCUT2D eigenvalue weighted by atomic mass is 10.3. The summed E-state index contributed by atoms with van der Waals surface area (Å²) < 4.78 is 0. The van der Waals surface area contributed by atoms with Crippen molar-refractivity contribution in [1.82, 2.24) is 15.3 Å². The average molecular weight is 257 g/mol. The first-order valence-corrected chi connectivity index (χ1v) is 5.35. The zero-order valence-electron chi connectivity index (χ0n) is 8.88. The number of rotatable bonds is 3. The number of hydrazine groups is 1. The van der Waals surface area contributed by atoms with Gasteiger partial charge in [0.2, 0.25) is 0 Å². The quantitative estimate of drug-likeness (QED) is 0.611. The second kappa shape index (κ2) is 4.96. The lowest BCUT2D eigenvalue weighted by Crippen LogP contribution is -2.41. The van der Waals surface area contributed by atoms with Gasteiger partial charge in [-0.15, -0.1) is 0 Å². The molecule has 2 rings (SSSR count). The van der Waals surface area contributed by atoms with Gasteiger partial charge in [-0.25, -0.2) is 15.2 Å². The molecule has 7 nitrogen and oxygen atoms in total. The minimum atomic E-state index is -0.364. The van der Waals surface area contributed by atoms with Gasteiger partial charge in [-0.1, -0.05) is 17.7 Å². The average Bonchev–Trinajstić information content (AvgIpc) is 2.68. The van der Waals surface area contributed by atoms with Gasteiger partial charge in [0.25, 0.3) is 5.96 Å². The van der Waals surface area contributed by atoms with Gasteiger partial charge >= 0.3 is 5.03 Å². The lowest BCUT2D eigenvalue weighted by molar-refractivity contribution is -0.822. The Labute approximate surface area is 102 Å². The lowest BCUT2D eigenvalue weighted by Gasteiger charge is -2.16. The standard InChI is InChI=1S/C9H11ClN5O2/c10-8-2-1-7(5-12-8)6-14-4-3-11-9(14)13-15(16)17/h1-2,5H,3-4,6H2,(H,11,13)(H,16,17)/q+1.